The first kappa shape index (κ1) is 7.79. The van der Waals surface area contributed by atoms with E-state index in [0.29, 0.717) is 0 Å². The first-order valence-corrected chi connectivity index (χ1v) is 4.15. The van der Waals surface area contributed by atoms with Crippen LogP contribution in [0.1, 0.15) is 19.0 Å². The third-order valence-electron chi connectivity index (χ3n) is 1.25. The minimum Gasteiger partial charge on any atom is -0.262 e. The van der Waals surface area contributed by atoms with Gasteiger partial charge in [-0.25, -0.2) is 0 Å². The van der Waals surface area contributed by atoms with E-state index in [1.165, 1.54) is 0 Å². The van der Waals surface area contributed by atoms with Gasteiger partial charge in [0.25, 0.3) is 0 Å². The van der Waals surface area contributed by atoms with E-state index >= 15 is 0 Å². The molecule has 1 aromatic heterocycles. The maximum Gasteiger partial charge on any atom is 0.102 e. The van der Waals surface area contributed by atoms with E-state index in [9.17, 15) is 0 Å². The molecule has 0 N–H and O–H groups in total. The first-order chi connectivity index (χ1) is 4.74. The molecule has 0 amide bonds. The van der Waals surface area contributed by atoms with Gasteiger partial charge in [-0.2, -0.15) is 5.10 Å². The predicted molar refractivity (Wildman–Crippen MR) is 43.8 cm³/mol. The van der Waals surface area contributed by atoms with Crippen LogP contribution in [0.4, 0.5) is 0 Å². The van der Waals surface area contributed by atoms with Crippen LogP contribution in [0.25, 0.3) is 0 Å². The van der Waals surface area contributed by atoms with Crippen molar-refractivity contribution in [1.82, 2.24) is 9.78 Å². The minimum absolute atomic E-state index is 0.951. The van der Waals surface area contributed by atoms with Crippen molar-refractivity contribution < 1.29 is 0 Å². The Hall–Kier alpha value is -0.310. The maximum absolute atomic E-state index is 4.21. The van der Waals surface area contributed by atoms with Crippen molar-refractivity contribution in [3.63, 3.8) is 0 Å². The Bertz CT molecular complexity index is 198. The highest BCUT2D eigenvalue weighted by molar-refractivity contribution is 9.10. The SMILES string of the molecule is CCCn1[c]c(Br)c(C)n1. The number of halogens is 1. The largest absolute Gasteiger partial charge is 0.262 e. The van der Waals surface area contributed by atoms with Gasteiger partial charge in [-0.1, -0.05) is 6.92 Å². The normalized spacial score (nSPS) is 10.3. The van der Waals surface area contributed by atoms with E-state index in [-0.39, 0.29) is 0 Å². The average Bonchev–Trinajstić information content (AvgIpc) is 2.14. The molecule has 0 bridgehead atoms. The molecule has 0 saturated heterocycles. The number of hydrogen-bond acceptors (Lipinski definition) is 1. The molecule has 0 atom stereocenters. The molecule has 0 fully saturated rings. The van der Waals surface area contributed by atoms with Gasteiger partial charge in [0.15, 0.2) is 0 Å². The summed E-state index contributed by atoms with van der Waals surface area (Å²) in [4.78, 5) is 0. The number of nitrogens with zero attached hydrogens (tertiary/aromatic N) is 2. The van der Waals surface area contributed by atoms with E-state index in [1.54, 1.807) is 0 Å². The fraction of sp³-hybridized carbons (Fsp3) is 0.571. The molecule has 0 spiro atoms. The zero-order valence-electron chi connectivity index (χ0n) is 6.19. The van der Waals surface area contributed by atoms with Crippen LogP contribution in [0.5, 0.6) is 0 Å². The molecule has 55 valence electrons. The van der Waals surface area contributed by atoms with E-state index in [0.717, 1.165) is 23.1 Å². The van der Waals surface area contributed by atoms with Gasteiger partial charge < -0.3 is 0 Å². The summed E-state index contributed by atoms with van der Waals surface area (Å²) in [5.74, 6) is 0. The van der Waals surface area contributed by atoms with E-state index in [4.69, 9.17) is 0 Å². The number of rotatable bonds is 2. The smallest absolute Gasteiger partial charge is 0.102 e. The molecule has 0 saturated carbocycles. The van der Waals surface area contributed by atoms with Crippen molar-refractivity contribution in [3.05, 3.63) is 16.4 Å². The summed E-state index contributed by atoms with van der Waals surface area (Å²) in [6, 6.07) is 0. The number of hydrogen-bond donors (Lipinski definition) is 0. The highest BCUT2D eigenvalue weighted by atomic mass is 79.9. The highest BCUT2D eigenvalue weighted by Gasteiger charge is 1.99. The topological polar surface area (TPSA) is 17.8 Å². The molecule has 0 aliphatic carbocycles. The Morgan fingerprint density at radius 2 is 2.40 bits per heavy atom. The molecule has 1 heterocycles. The van der Waals surface area contributed by atoms with Crippen LogP contribution < -0.4 is 0 Å². The summed E-state index contributed by atoms with van der Waals surface area (Å²) in [6.45, 7) is 5.04. The Labute approximate surface area is 69.4 Å². The second-order valence-corrected chi connectivity index (χ2v) is 3.03. The summed E-state index contributed by atoms with van der Waals surface area (Å²) in [7, 11) is 0. The number of aryl methyl sites for hydroxylation is 2. The summed E-state index contributed by atoms with van der Waals surface area (Å²) in [5.41, 5.74) is 1.01. The van der Waals surface area contributed by atoms with Crippen molar-refractivity contribution in [2.45, 2.75) is 26.8 Å². The lowest BCUT2D eigenvalue weighted by molar-refractivity contribution is 0.594. The molecule has 2 nitrogen and oxygen atoms in total. The standard InChI is InChI=1S/C7H10BrN2/c1-3-4-10-5-7(8)6(2)9-10/h3-4H2,1-2H3. The molecule has 1 radical (unpaired) electrons. The van der Waals surface area contributed by atoms with Crippen LogP contribution in [0.2, 0.25) is 0 Å². The molecule has 0 aromatic carbocycles. The third-order valence-corrected chi connectivity index (χ3v) is 2.00. The van der Waals surface area contributed by atoms with E-state index < -0.39 is 0 Å². The van der Waals surface area contributed by atoms with Crippen molar-refractivity contribution in [3.8, 4) is 0 Å². The van der Waals surface area contributed by atoms with Crippen LogP contribution in [0, 0.1) is 13.1 Å². The highest BCUT2D eigenvalue weighted by Crippen LogP contribution is 2.12. The number of aromatic nitrogens is 2. The average molecular weight is 202 g/mol. The molecular formula is C7H10BrN2. The van der Waals surface area contributed by atoms with Gasteiger partial charge >= 0.3 is 0 Å². The fourth-order valence-electron chi connectivity index (χ4n) is 0.762. The summed E-state index contributed by atoms with van der Waals surface area (Å²) >= 11 is 3.35. The first-order valence-electron chi connectivity index (χ1n) is 3.36. The van der Waals surface area contributed by atoms with Crippen LogP contribution >= 0.6 is 15.9 Å². The van der Waals surface area contributed by atoms with Gasteiger partial charge in [0, 0.05) is 6.54 Å². The zero-order chi connectivity index (χ0) is 7.56. The molecule has 1 aromatic rings. The lowest BCUT2D eigenvalue weighted by Crippen LogP contribution is -1.96. The third kappa shape index (κ3) is 1.59. The molecule has 0 aliphatic rings. The van der Waals surface area contributed by atoms with Gasteiger partial charge in [0.2, 0.25) is 0 Å². The van der Waals surface area contributed by atoms with Gasteiger partial charge in [-0.15, -0.1) is 0 Å². The van der Waals surface area contributed by atoms with E-state index in [2.05, 4.69) is 34.1 Å². The van der Waals surface area contributed by atoms with Gasteiger partial charge in [-0.3, -0.25) is 4.68 Å². The van der Waals surface area contributed by atoms with Crippen molar-refractivity contribution in [2.75, 3.05) is 0 Å². The van der Waals surface area contributed by atoms with Crippen molar-refractivity contribution >= 4 is 15.9 Å². The molecule has 1 rings (SSSR count). The maximum atomic E-state index is 4.21. The van der Waals surface area contributed by atoms with Gasteiger partial charge in [-0.05, 0) is 29.3 Å². The summed E-state index contributed by atoms with van der Waals surface area (Å²) in [5, 5.41) is 4.21. The van der Waals surface area contributed by atoms with Crippen LogP contribution in [0.15, 0.2) is 4.47 Å². The monoisotopic (exact) mass is 201 g/mol. The van der Waals surface area contributed by atoms with Crippen molar-refractivity contribution in [1.29, 1.82) is 0 Å². The Morgan fingerprint density at radius 1 is 1.70 bits per heavy atom. The van der Waals surface area contributed by atoms with Gasteiger partial charge in [0.1, 0.15) is 6.20 Å². The molecular weight excluding hydrogens is 192 g/mol. The molecule has 0 aliphatic heterocycles. The Kier molecular flexibility index (Phi) is 2.49. The molecule has 3 heteroatoms. The second-order valence-electron chi connectivity index (χ2n) is 2.23. The lowest BCUT2D eigenvalue weighted by atomic mass is 10.5. The van der Waals surface area contributed by atoms with Crippen molar-refractivity contribution in [2.24, 2.45) is 0 Å². The second kappa shape index (κ2) is 3.19. The Morgan fingerprint density at radius 3 is 2.80 bits per heavy atom. The fourth-order valence-corrected chi connectivity index (χ4v) is 1.05. The van der Waals surface area contributed by atoms with E-state index in [1.807, 2.05) is 11.6 Å². The molecule has 10 heavy (non-hydrogen) atoms. The van der Waals surface area contributed by atoms with Crippen LogP contribution in [0.3, 0.4) is 0 Å². The van der Waals surface area contributed by atoms with Gasteiger partial charge in [0.05, 0.1) is 10.2 Å². The summed E-state index contributed by atoms with van der Waals surface area (Å²) in [6.07, 6.45) is 4.17. The predicted octanol–water partition coefficient (Wildman–Crippen LogP) is 2.16. The summed E-state index contributed by atoms with van der Waals surface area (Å²) < 4.78 is 2.81. The minimum atomic E-state index is 0.951. The zero-order valence-corrected chi connectivity index (χ0v) is 7.77. The Balaban J connectivity index is 2.77. The quantitative estimate of drug-likeness (QED) is 0.718. The van der Waals surface area contributed by atoms with Crippen LogP contribution in [-0.4, -0.2) is 9.78 Å². The lowest BCUT2D eigenvalue weighted by Gasteiger charge is -1.92. The van der Waals surface area contributed by atoms with Crippen LogP contribution in [-0.2, 0) is 6.54 Å². The molecule has 0 unspecified atom stereocenters.